The van der Waals surface area contributed by atoms with Crippen molar-refractivity contribution in [2.24, 2.45) is 5.73 Å². The minimum Gasteiger partial charge on any atom is -0.353 e. The predicted octanol–water partition coefficient (Wildman–Crippen LogP) is 1.77. The van der Waals surface area contributed by atoms with Gasteiger partial charge in [0, 0.05) is 16.2 Å². The summed E-state index contributed by atoms with van der Waals surface area (Å²) in [6, 6.07) is 9.89. The van der Waals surface area contributed by atoms with Gasteiger partial charge < -0.3 is 11.1 Å². The third-order valence-electron chi connectivity index (χ3n) is 2.88. The first kappa shape index (κ1) is 12.5. The molecule has 3 N–H and O–H groups in total. The molecule has 1 atom stereocenters. The maximum atomic E-state index is 11.4. The van der Waals surface area contributed by atoms with Crippen molar-refractivity contribution in [2.75, 3.05) is 6.54 Å². The van der Waals surface area contributed by atoms with Crippen molar-refractivity contribution in [1.82, 2.24) is 5.32 Å². The maximum absolute atomic E-state index is 11.4. The molecule has 0 aromatic heterocycles. The first-order valence-corrected chi connectivity index (χ1v) is 6.70. The van der Waals surface area contributed by atoms with Crippen molar-refractivity contribution in [3.05, 3.63) is 30.3 Å². The van der Waals surface area contributed by atoms with E-state index in [-0.39, 0.29) is 10.7 Å². The second-order valence-corrected chi connectivity index (χ2v) is 6.15. The van der Waals surface area contributed by atoms with E-state index in [0.717, 1.165) is 12.8 Å². The van der Waals surface area contributed by atoms with Crippen LogP contribution in [0.5, 0.6) is 0 Å². The Bertz CT molecular complexity index is 388. The van der Waals surface area contributed by atoms with Crippen molar-refractivity contribution in [2.45, 2.75) is 35.4 Å². The highest BCUT2D eigenvalue weighted by Gasteiger charge is 2.43. The molecule has 0 bridgehead atoms. The van der Waals surface area contributed by atoms with Crippen LogP contribution in [-0.2, 0) is 4.79 Å². The maximum Gasteiger partial charge on any atom is 0.236 e. The van der Waals surface area contributed by atoms with Gasteiger partial charge in [-0.1, -0.05) is 18.2 Å². The summed E-state index contributed by atoms with van der Waals surface area (Å²) in [6.45, 7) is 2.42. The number of rotatable bonds is 5. The molecule has 1 amide bonds. The van der Waals surface area contributed by atoms with Crippen LogP contribution in [0.4, 0.5) is 0 Å². The van der Waals surface area contributed by atoms with E-state index >= 15 is 0 Å². The van der Waals surface area contributed by atoms with E-state index < -0.39 is 6.04 Å². The number of carbonyl (C=O) groups is 1. The average Bonchev–Trinajstić information content (AvgIpc) is 3.07. The standard InChI is InChI=1S/C13H18N2OS/c1-10(14)12(16)15-9-13(7-8-13)17-11-5-3-2-4-6-11/h2-6,10H,7-9,14H2,1H3,(H,15,16)/t10-/m0/s1. The van der Waals surface area contributed by atoms with Gasteiger partial charge in [0.2, 0.25) is 5.91 Å². The summed E-state index contributed by atoms with van der Waals surface area (Å²) in [5.74, 6) is -0.0649. The largest absolute Gasteiger partial charge is 0.353 e. The molecule has 1 fully saturated rings. The molecule has 0 heterocycles. The lowest BCUT2D eigenvalue weighted by atomic mass is 10.3. The molecule has 0 saturated heterocycles. The first-order chi connectivity index (χ1) is 8.11. The quantitative estimate of drug-likeness (QED) is 0.837. The molecule has 17 heavy (non-hydrogen) atoms. The topological polar surface area (TPSA) is 55.1 Å². The monoisotopic (exact) mass is 250 g/mol. The molecule has 0 spiro atoms. The Morgan fingerprint density at radius 2 is 2.12 bits per heavy atom. The molecule has 1 aromatic rings. The Morgan fingerprint density at radius 3 is 2.65 bits per heavy atom. The second kappa shape index (κ2) is 5.10. The Morgan fingerprint density at radius 1 is 1.47 bits per heavy atom. The van der Waals surface area contributed by atoms with Crippen LogP contribution in [0.3, 0.4) is 0 Å². The van der Waals surface area contributed by atoms with Crippen LogP contribution in [0.1, 0.15) is 19.8 Å². The summed E-state index contributed by atoms with van der Waals surface area (Å²) in [5, 5.41) is 2.92. The van der Waals surface area contributed by atoms with E-state index in [1.807, 2.05) is 30.0 Å². The number of amides is 1. The second-order valence-electron chi connectivity index (χ2n) is 4.60. The van der Waals surface area contributed by atoms with Crippen molar-refractivity contribution in [3.8, 4) is 0 Å². The fourth-order valence-corrected chi connectivity index (χ4v) is 2.85. The molecule has 0 unspecified atom stereocenters. The summed E-state index contributed by atoms with van der Waals surface area (Å²) >= 11 is 1.86. The lowest BCUT2D eigenvalue weighted by Crippen LogP contribution is -2.41. The predicted molar refractivity (Wildman–Crippen MR) is 70.9 cm³/mol. The van der Waals surface area contributed by atoms with Gasteiger partial charge in [0.25, 0.3) is 0 Å². The number of hydrogen-bond donors (Lipinski definition) is 2. The molecule has 4 heteroatoms. The summed E-state index contributed by atoms with van der Waals surface area (Å²) in [6.07, 6.45) is 2.32. The molecular formula is C13H18N2OS. The van der Waals surface area contributed by atoms with Gasteiger partial charge in [-0.15, -0.1) is 11.8 Å². The molecular weight excluding hydrogens is 232 g/mol. The van der Waals surface area contributed by atoms with Gasteiger partial charge in [0.15, 0.2) is 0 Å². The van der Waals surface area contributed by atoms with E-state index in [1.165, 1.54) is 4.90 Å². The summed E-state index contributed by atoms with van der Waals surface area (Å²) in [7, 11) is 0. The summed E-state index contributed by atoms with van der Waals surface area (Å²) in [5.41, 5.74) is 5.52. The van der Waals surface area contributed by atoms with Gasteiger partial charge in [-0.05, 0) is 31.9 Å². The number of nitrogens with two attached hydrogens (primary N) is 1. The van der Waals surface area contributed by atoms with Gasteiger partial charge in [0.1, 0.15) is 0 Å². The van der Waals surface area contributed by atoms with Crippen LogP contribution in [0, 0.1) is 0 Å². The fourth-order valence-electron chi connectivity index (χ4n) is 1.60. The number of thioether (sulfide) groups is 1. The third kappa shape index (κ3) is 3.48. The van der Waals surface area contributed by atoms with Crippen LogP contribution in [0.2, 0.25) is 0 Å². The Hall–Kier alpha value is -1.00. The van der Waals surface area contributed by atoms with Crippen LogP contribution >= 0.6 is 11.8 Å². The fraction of sp³-hybridized carbons (Fsp3) is 0.462. The van der Waals surface area contributed by atoms with Crippen LogP contribution in [0.25, 0.3) is 0 Å². The molecule has 3 nitrogen and oxygen atoms in total. The van der Waals surface area contributed by atoms with Crippen LogP contribution in [0.15, 0.2) is 35.2 Å². The van der Waals surface area contributed by atoms with E-state index in [2.05, 4.69) is 17.4 Å². The Balaban J connectivity index is 1.86. The Labute approximate surface area is 106 Å². The number of nitrogens with one attached hydrogen (secondary N) is 1. The SMILES string of the molecule is C[C@H](N)C(=O)NCC1(Sc2ccccc2)CC1. The van der Waals surface area contributed by atoms with Crippen molar-refractivity contribution in [1.29, 1.82) is 0 Å². The van der Waals surface area contributed by atoms with Gasteiger partial charge in [-0.2, -0.15) is 0 Å². The normalized spacial score (nSPS) is 18.5. The summed E-state index contributed by atoms with van der Waals surface area (Å²) in [4.78, 5) is 12.7. The molecule has 1 aromatic carbocycles. The minimum atomic E-state index is -0.424. The molecule has 1 saturated carbocycles. The highest BCUT2D eigenvalue weighted by atomic mass is 32.2. The number of benzene rings is 1. The lowest BCUT2D eigenvalue weighted by molar-refractivity contribution is -0.121. The van der Waals surface area contributed by atoms with E-state index in [4.69, 9.17) is 5.73 Å². The summed E-state index contributed by atoms with van der Waals surface area (Å²) < 4.78 is 0.200. The Kier molecular flexibility index (Phi) is 3.74. The highest BCUT2D eigenvalue weighted by molar-refractivity contribution is 8.01. The molecule has 1 aliphatic rings. The molecule has 2 rings (SSSR count). The van der Waals surface area contributed by atoms with Crippen molar-refractivity contribution < 1.29 is 4.79 Å². The first-order valence-electron chi connectivity index (χ1n) is 5.89. The molecule has 1 aliphatic carbocycles. The highest BCUT2D eigenvalue weighted by Crippen LogP contribution is 2.51. The molecule has 0 aliphatic heterocycles. The van der Waals surface area contributed by atoms with Crippen molar-refractivity contribution in [3.63, 3.8) is 0 Å². The lowest BCUT2D eigenvalue weighted by Gasteiger charge is -2.16. The molecule has 92 valence electrons. The number of carbonyl (C=O) groups excluding carboxylic acids is 1. The zero-order valence-electron chi connectivity index (χ0n) is 9.98. The third-order valence-corrected chi connectivity index (χ3v) is 4.38. The van der Waals surface area contributed by atoms with Crippen LogP contribution in [-0.4, -0.2) is 23.2 Å². The van der Waals surface area contributed by atoms with Gasteiger partial charge in [-0.25, -0.2) is 0 Å². The zero-order valence-corrected chi connectivity index (χ0v) is 10.8. The zero-order chi connectivity index (χ0) is 12.3. The van der Waals surface area contributed by atoms with Gasteiger partial charge in [-0.3, -0.25) is 4.79 Å². The van der Waals surface area contributed by atoms with Gasteiger partial charge in [0.05, 0.1) is 6.04 Å². The van der Waals surface area contributed by atoms with Gasteiger partial charge >= 0.3 is 0 Å². The van der Waals surface area contributed by atoms with E-state index in [1.54, 1.807) is 6.92 Å². The number of hydrogen-bond acceptors (Lipinski definition) is 3. The molecule has 0 radical (unpaired) electrons. The minimum absolute atomic E-state index is 0.0649. The van der Waals surface area contributed by atoms with E-state index in [9.17, 15) is 4.79 Å². The van der Waals surface area contributed by atoms with E-state index in [0.29, 0.717) is 6.54 Å². The average molecular weight is 250 g/mol. The van der Waals surface area contributed by atoms with Crippen molar-refractivity contribution >= 4 is 17.7 Å². The smallest absolute Gasteiger partial charge is 0.236 e. The van der Waals surface area contributed by atoms with Crippen LogP contribution < -0.4 is 11.1 Å².